The lowest BCUT2D eigenvalue weighted by molar-refractivity contribution is -0.137. The molecular weight excluding hydrogens is 301 g/mol. The number of alkyl halides is 3. The summed E-state index contributed by atoms with van der Waals surface area (Å²) in [6.07, 6.45) is -2.05. The summed E-state index contributed by atoms with van der Waals surface area (Å²) in [6.45, 7) is 3.20. The fraction of sp³-hybridized carbons (Fsp3) is 0.267. The number of pyridine rings is 1. The van der Waals surface area contributed by atoms with Gasteiger partial charge in [0.1, 0.15) is 0 Å². The molecule has 0 aliphatic rings. The van der Waals surface area contributed by atoms with E-state index in [0.717, 1.165) is 24.4 Å². The number of rotatable bonds is 4. The Morgan fingerprint density at radius 1 is 1.24 bits per heavy atom. The molecule has 0 unspecified atom stereocenters. The number of hydrogen-bond acceptors (Lipinski definition) is 2. The molecule has 1 N–H and O–H groups in total. The van der Waals surface area contributed by atoms with E-state index in [9.17, 15) is 13.2 Å². The third-order valence-electron chi connectivity index (χ3n) is 3.05. The number of aromatic nitrogens is 1. The molecule has 2 aromatic rings. The molecule has 112 valence electrons. The van der Waals surface area contributed by atoms with Gasteiger partial charge in [-0.2, -0.15) is 13.2 Å². The van der Waals surface area contributed by atoms with E-state index in [-0.39, 0.29) is 5.56 Å². The van der Waals surface area contributed by atoms with Crippen LogP contribution in [0.15, 0.2) is 36.7 Å². The fourth-order valence-corrected chi connectivity index (χ4v) is 2.19. The Hall–Kier alpha value is -1.59. The molecule has 1 heterocycles. The maximum atomic E-state index is 13.1. The highest BCUT2D eigenvalue weighted by Gasteiger charge is 2.33. The summed E-state index contributed by atoms with van der Waals surface area (Å²) in [5, 5.41) is 3.63. The van der Waals surface area contributed by atoms with E-state index in [4.69, 9.17) is 11.6 Å². The number of nitrogens with one attached hydrogen (secondary N) is 1. The van der Waals surface area contributed by atoms with Gasteiger partial charge in [0.15, 0.2) is 0 Å². The van der Waals surface area contributed by atoms with Crippen molar-refractivity contribution in [3.63, 3.8) is 0 Å². The van der Waals surface area contributed by atoms with Gasteiger partial charge in [-0.3, -0.25) is 4.98 Å². The van der Waals surface area contributed by atoms with Crippen molar-refractivity contribution in [3.8, 4) is 11.1 Å². The zero-order valence-electron chi connectivity index (χ0n) is 11.3. The highest BCUT2D eigenvalue weighted by Crippen LogP contribution is 2.37. The lowest BCUT2D eigenvalue weighted by Gasteiger charge is -2.14. The van der Waals surface area contributed by atoms with Crippen LogP contribution >= 0.6 is 11.6 Å². The minimum absolute atomic E-state index is 0.0550. The van der Waals surface area contributed by atoms with Crippen LogP contribution in [0.3, 0.4) is 0 Å². The van der Waals surface area contributed by atoms with Crippen molar-refractivity contribution < 1.29 is 13.2 Å². The highest BCUT2D eigenvalue weighted by molar-refractivity contribution is 6.31. The summed E-state index contributed by atoms with van der Waals surface area (Å²) < 4.78 is 39.2. The maximum absolute atomic E-state index is 13.1. The van der Waals surface area contributed by atoms with Gasteiger partial charge in [-0.1, -0.05) is 24.6 Å². The number of hydrogen-bond donors (Lipinski definition) is 1. The predicted molar refractivity (Wildman–Crippen MR) is 77.1 cm³/mol. The smallest absolute Gasteiger partial charge is 0.313 e. The molecule has 0 aliphatic carbocycles. The molecule has 0 aliphatic heterocycles. The Morgan fingerprint density at radius 2 is 2.00 bits per heavy atom. The minimum Gasteiger partial charge on any atom is -0.313 e. The Labute approximate surface area is 126 Å². The first kappa shape index (κ1) is 15.8. The normalized spacial score (nSPS) is 11.7. The van der Waals surface area contributed by atoms with Crippen molar-refractivity contribution in [1.29, 1.82) is 0 Å². The van der Waals surface area contributed by atoms with Crippen LogP contribution in [0.5, 0.6) is 0 Å². The van der Waals surface area contributed by atoms with E-state index in [2.05, 4.69) is 10.3 Å². The van der Waals surface area contributed by atoms with Crippen LogP contribution in [-0.2, 0) is 12.7 Å². The summed E-state index contributed by atoms with van der Waals surface area (Å²) in [7, 11) is 0. The van der Waals surface area contributed by atoms with Crippen molar-refractivity contribution in [2.75, 3.05) is 6.54 Å². The van der Waals surface area contributed by atoms with Gasteiger partial charge in [-0.05, 0) is 35.9 Å². The van der Waals surface area contributed by atoms with Gasteiger partial charge in [0.25, 0.3) is 0 Å². The van der Waals surface area contributed by atoms with Crippen molar-refractivity contribution in [2.24, 2.45) is 0 Å². The van der Waals surface area contributed by atoms with Crippen molar-refractivity contribution in [3.05, 3.63) is 52.8 Å². The zero-order valence-corrected chi connectivity index (χ0v) is 12.1. The standard InChI is InChI=1S/C15H14ClF3N2/c1-2-20-8-11-7-10(3-4-14(11)16)12-9-21-6-5-13(12)15(17,18)19/h3-7,9,20H,2,8H2,1H3. The first-order chi connectivity index (χ1) is 9.93. The molecule has 2 rings (SSSR count). The summed E-state index contributed by atoms with van der Waals surface area (Å²) in [6, 6.07) is 5.83. The Morgan fingerprint density at radius 3 is 2.67 bits per heavy atom. The second-order valence-corrected chi connectivity index (χ2v) is 4.91. The molecule has 0 amide bonds. The lowest BCUT2D eigenvalue weighted by atomic mass is 10.00. The van der Waals surface area contributed by atoms with Crippen molar-refractivity contribution in [2.45, 2.75) is 19.6 Å². The van der Waals surface area contributed by atoms with Gasteiger partial charge in [-0.15, -0.1) is 0 Å². The van der Waals surface area contributed by atoms with Crippen molar-refractivity contribution in [1.82, 2.24) is 10.3 Å². The van der Waals surface area contributed by atoms with E-state index in [1.807, 2.05) is 6.92 Å². The van der Waals surface area contributed by atoms with Gasteiger partial charge >= 0.3 is 6.18 Å². The molecule has 21 heavy (non-hydrogen) atoms. The molecule has 0 bridgehead atoms. The number of nitrogens with zero attached hydrogens (tertiary/aromatic N) is 1. The number of benzene rings is 1. The predicted octanol–water partition coefficient (Wildman–Crippen LogP) is 4.53. The van der Waals surface area contributed by atoms with E-state index in [1.54, 1.807) is 18.2 Å². The third-order valence-corrected chi connectivity index (χ3v) is 3.42. The molecule has 0 spiro atoms. The second kappa shape index (κ2) is 6.45. The van der Waals surface area contributed by atoms with E-state index in [0.29, 0.717) is 17.1 Å². The quantitative estimate of drug-likeness (QED) is 0.897. The van der Waals surface area contributed by atoms with Crippen LogP contribution < -0.4 is 5.32 Å². The van der Waals surface area contributed by atoms with Gasteiger partial charge in [0.05, 0.1) is 5.56 Å². The zero-order chi connectivity index (χ0) is 15.5. The van der Waals surface area contributed by atoms with Crippen LogP contribution in [0.4, 0.5) is 13.2 Å². The molecule has 2 nitrogen and oxygen atoms in total. The van der Waals surface area contributed by atoms with Crippen LogP contribution in [-0.4, -0.2) is 11.5 Å². The molecule has 6 heteroatoms. The molecule has 0 radical (unpaired) electrons. The molecule has 0 atom stereocenters. The largest absolute Gasteiger partial charge is 0.417 e. The van der Waals surface area contributed by atoms with Gasteiger partial charge in [0, 0.05) is 29.5 Å². The average molecular weight is 315 g/mol. The summed E-state index contributed by atoms with van der Waals surface area (Å²) >= 11 is 6.07. The van der Waals surface area contributed by atoms with Crippen LogP contribution in [0.25, 0.3) is 11.1 Å². The first-order valence-electron chi connectivity index (χ1n) is 6.44. The van der Waals surface area contributed by atoms with Gasteiger partial charge in [0.2, 0.25) is 0 Å². The number of halogens is 4. The monoisotopic (exact) mass is 314 g/mol. The van der Waals surface area contributed by atoms with Crippen molar-refractivity contribution >= 4 is 11.6 Å². The molecular formula is C15H14ClF3N2. The van der Waals surface area contributed by atoms with Crippen LogP contribution in [0.1, 0.15) is 18.1 Å². The van der Waals surface area contributed by atoms with Crippen LogP contribution in [0, 0.1) is 0 Å². The van der Waals surface area contributed by atoms with Gasteiger partial charge < -0.3 is 5.32 Å². The molecule has 1 aromatic carbocycles. The van der Waals surface area contributed by atoms with E-state index < -0.39 is 11.7 Å². The lowest BCUT2D eigenvalue weighted by Crippen LogP contribution is -2.12. The Bertz CT molecular complexity index is 627. The maximum Gasteiger partial charge on any atom is 0.417 e. The second-order valence-electron chi connectivity index (χ2n) is 4.51. The van der Waals surface area contributed by atoms with E-state index >= 15 is 0 Å². The molecule has 0 fully saturated rings. The highest BCUT2D eigenvalue weighted by atomic mass is 35.5. The molecule has 0 saturated heterocycles. The summed E-state index contributed by atoms with van der Waals surface area (Å²) in [5.41, 5.74) is 0.564. The molecule has 0 saturated carbocycles. The Balaban J connectivity index is 2.48. The summed E-state index contributed by atoms with van der Waals surface area (Å²) in [4.78, 5) is 3.80. The van der Waals surface area contributed by atoms with Gasteiger partial charge in [-0.25, -0.2) is 0 Å². The SMILES string of the molecule is CCNCc1cc(-c2cnccc2C(F)(F)F)ccc1Cl. The average Bonchev–Trinajstić information content (AvgIpc) is 2.45. The molecule has 1 aromatic heterocycles. The third kappa shape index (κ3) is 3.74. The van der Waals surface area contributed by atoms with E-state index in [1.165, 1.54) is 6.20 Å². The topological polar surface area (TPSA) is 24.9 Å². The first-order valence-corrected chi connectivity index (χ1v) is 6.82. The Kier molecular flexibility index (Phi) is 4.85. The fourth-order valence-electron chi connectivity index (χ4n) is 2.01. The summed E-state index contributed by atoms with van der Waals surface area (Å²) in [5.74, 6) is 0. The van der Waals surface area contributed by atoms with Crippen LogP contribution in [0.2, 0.25) is 5.02 Å². The minimum atomic E-state index is -4.42.